The summed E-state index contributed by atoms with van der Waals surface area (Å²) < 4.78 is 0. The molecule has 1 saturated heterocycles. The van der Waals surface area contributed by atoms with Crippen LogP contribution in [0.2, 0.25) is 0 Å². The molecular weight excluding hydrogens is 210 g/mol. The quantitative estimate of drug-likeness (QED) is 0.597. The summed E-state index contributed by atoms with van der Waals surface area (Å²) >= 11 is 0. The van der Waals surface area contributed by atoms with E-state index < -0.39 is 12.1 Å². The molecule has 0 aromatic heterocycles. The van der Waals surface area contributed by atoms with Crippen LogP contribution < -0.4 is 10.6 Å². The van der Waals surface area contributed by atoms with Crippen LogP contribution in [0.4, 0.5) is 4.79 Å². The molecule has 1 aliphatic heterocycles. The van der Waals surface area contributed by atoms with Crippen molar-refractivity contribution in [2.45, 2.75) is 31.8 Å². The highest BCUT2D eigenvalue weighted by molar-refractivity contribution is 5.96. The molecule has 1 aliphatic rings. The fourth-order valence-electron chi connectivity index (χ4n) is 1.99. The van der Waals surface area contributed by atoms with Crippen LogP contribution in [-0.4, -0.2) is 54.2 Å². The van der Waals surface area contributed by atoms with Gasteiger partial charge in [-0.3, -0.25) is 15.0 Å². The summed E-state index contributed by atoms with van der Waals surface area (Å²) in [5, 5.41) is 13.7. The van der Waals surface area contributed by atoms with Crippen LogP contribution in [0, 0.1) is 0 Å². The summed E-state index contributed by atoms with van der Waals surface area (Å²) in [6.45, 7) is 2.58. The number of rotatable bonds is 3. The van der Waals surface area contributed by atoms with Gasteiger partial charge in [0.1, 0.15) is 0 Å². The number of hydrogen-bond donors (Lipinski definition) is 3. The fourth-order valence-corrected chi connectivity index (χ4v) is 1.99. The molecule has 1 fully saturated rings. The second-order valence-electron chi connectivity index (χ2n) is 3.96. The zero-order valence-electron chi connectivity index (χ0n) is 9.69. The number of hydrogen-bond acceptors (Lipinski definition) is 4. The Hall–Kier alpha value is -1.14. The predicted octanol–water partition coefficient (Wildman–Crippen LogP) is -0.713. The molecule has 3 N–H and O–H groups in total. The van der Waals surface area contributed by atoms with Crippen LogP contribution in [0.15, 0.2) is 0 Å². The Morgan fingerprint density at radius 3 is 2.81 bits per heavy atom. The highest BCUT2D eigenvalue weighted by atomic mass is 16.3. The average Bonchev–Trinajstić information content (AvgIpc) is 2.75. The third-order valence-corrected chi connectivity index (χ3v) is 2.97. The van der Waals surface area contributed by atoms with Gasteiger partial charge in [0, 0.05) is 13.1 Å². The first kappa shape index (κ1) is 12.9. The molecule has 6 nitrogen and oxygen atoms in total. The molecular formula is C10H19N3O3. The Labute approximate surface area is 95.0 Å². The maximum absolute atomic E-state index is 11.7. The molecule has 2 atom stereocenters. The normalized spacial score (nSPS) is 22.8. The monoisotopic (exact) mass is 229 g/mol. The number of nitrogens with zero attached hydrogens (tertiary/aromatic N) is 1. The van der Waals surface area contributed by atoms with Gasteiger partial charge in [-0.25, -0.2) is 4.79 Å². The van der Waals surface area contributed by atoms with Crippen LogP contribution in [0.3, 0.4) is 0 Å². The van der Waals surface area contributed by atoms with Gasteiger partial charge in [-0.1, -0.05) is 0 Å². The number of likely N-dealkylation sites (tertiary alicyclic amines) is 1. The summed E-state index contributed by atoms with van der Waals surface area (Å²) in [5.74, 6) is -0.334. The van der Waals surface area contributed by atoms with Gasteiger partial charge in [-0.05, 0) is 26.3 Å². The molecule has 0 aliphatic carbocycles. The van der Waals surface area contributed by atoms with Crippen molar-refractivity contribution in [1.29, 1.82) is 0 Å². The van der Waals surface area contributed by atoms with Crippen molar-refractivity contribution in [2.24, 2.45) is 0 Å². The van der Waals surface area contributed by atoms with Gasteiger partial charge >= 0.3 is 6.03 Å². The van der Waals surface area contributed by atoms with Crippen molar-refractivity contribution < 1.29 is 14.7 Å². The molecule has 1 unspecified atom stereocenters. The molecule has 0 aromatic carbocycles. The van der Waals surface area contributed by atoms with Crippen LogP contribution in [0.25, 0.3) is 0 Å². The second kappa shape index (κ2) is 5.81. The van der Waals surface area contributed by atoms with Crippen molar-refractivity contribution in [3.8, 4) is 0 Å². The molecule has 92 valence electrons. The number of amides is 3. The van der Waals surface area contributed by atoms with Crippen molar-refractivity contribution in [2.75, 3.05) is 20.2 Å². The van der Waals surface area contributed by atoms with Crippen molar-refractivity contribution in [3.63, 3.8) is 0 Å². The molecule has 1 rings (SSSR count). The van der Waals surface area contributed by atoms with Gasteiger partial charge in [0.05, 0.1) is 12.6 Å². The van der Waals surface area contributed by atoms with Gasteiger partial charge in [0.25, 0.3) is 0 Å². The summed E-state index contributed by atoms with van der Waals surface area (Å²) in [6, 6.07) is -0.862. The Morgan fingerprint density at radius 2 is 2.25 bits per heavy atom. The van der Waals surface area contributed by atoms with Crippen molar-refractivity contribution >= 4 is 11.9 Å². The molecule has 0 aromatic rings. The Kier molecular flexibility index (Phi) is 4.70. The van der Waals surface area contributed by atoms with Gasteiger partial charge in [-0.2, -0.15) is 0 Å². The number of carbonyl (C=O) groups is 2. The summed E-state index contributed by atoms with van der Waals surface area (Å²) in [5.41, 5.74) is 0. The van der Waals surface area contributed by atoms with E-state index in [1.54, 1.807) is 6.92 Å². The van der Waals surface area contributed by atoms with Gasteiger partial charge < -0.3 is 10.4 Å². The van der Waals surface area contributed by atoms with Crippen molar-refractivity contribution in [1.82, 2.24) is 15.5 Å². The predicted molar refractivity (Wildman–Crippen MR) is 58.9 cm³/mol. The number of imide groups is 1. The van der Waals surface area contributed by atoms with E-state index in [4.69, 9.17) is 5.11 Å². The molecule has 6 heteroatoms. The number of carbonyl (C=O) groups excluding carboxylic acids is 2. The minimum Gasteiger partial charge on any atom is -0.395 e. The maximum Gasteiger partial charge on any atom is 0.321 e. The zero-order chi connectivity index (χ0) is 12.1. The Bertz CT molecular complexity index is 270. The Morgan fingerprint density at radius 1 is 1.56 bits per heavy atom. The highest BCUT2D eigenvalue weighted by Crippen LogP contribution is 2.19. The number of urea groups is 1. The summed E-state index contributed by atoms with van der Waals surface area (Å²) in [4.78, 5) is 24.6. The minimum atomic E-state index is -0.503. The lowest BCUT2D eigenvalue weighted by Crippen LogP contribution is -2.51. The summed E-state index contributed by atoms with van der Waals surface area (Å²) in [6.07, 6.45) is 1.87. The van der Waals surface area contributed by atoms with Gasteiger partial charge in [-0.15, -0.1) is 0 Å². The second-order valence-corrected chi connectivity index (χ2v) is 3.96. The average molecular weight is 229 g/mol. The first-order valence-electron chi connectivity index (χ1n) is 5.49. The number of nitrogens with one attached hydrogen (secondary N) is 2. The van der Waals surface area contributed by atoms with Crippen LogP contribution in [-0.2, 0) is 4.79 Å². The van der Waals surface area contributed by atoms with E-state index in [-0.39, 0.29) is 18.6 Å². The standard InChI is InChI=1S/C10H19N3O3/c1-7(9(15)12-10(16)11-2)13-5-3-4-8(13)6-14/h7-8,14H,3-6H2,1-2H3,(H2,11,12,15,16)/t7?,8-/m0/s1. The molecule has 3 amide bonds. The molecule has 0 radical (unpaired) electrons. The van der Waals surface area contributed by atoms with E-state index in [9.17, 15) is 9.59 Å². The van der Waals surface area contributed by atoms with Crippen LogP contribution in [0.5, 0.6) is 0 Å². The van der Waals surface area contributed by atoms with Crippen molar-refractivity contribution in [3.05, 3.63) is 0 Å². The highest BCUT2D eigenvalue weighted by Gasteiger charge is 2.31. The maximum atomic E-state index is 11.7. The molecule has 1 heterocycles. The van der Waals surface area contributed by atoms with E-state index in [0.29, 0.717) is 0 Å². The van der Waals surface area contributed by atoms with E-state index in [1.165, 1.54) is 7.05 Å². The van der Waals surface area contributed by atoms with E-state index in [0.717, 1.165) is 19.4 Å². The molecule has 0 spiro atoms. The zero-order valence-corrected chi connectivity index (χ0v) is 9.69. The van der Waals surface area contributed by atoms with Gasteiger partial charge in [0.2, 0.25) is 5.91 Å². The van der Waals surface area contributed by atoms with Crippen LogP contribution >= 0.6 is 0 Å². The number of aliphatic hydroxyl groups excluding tert-OH is 1. The largest absolute Gasteiger partial charge is 0.395 e. The van der Waals surface area contributed by atoms with E-state index in [1.807, 2.05) is 4.90 Å². The van der Waals surface area contributed by atoms with Crippen LogP contribution in [0.1, 0.15) is 19.8 Å². The lowest BCUT2D eigenvalue weighted by atomic mass is 10.2. The smallest absolute Gasteiger partial charge is 0.321 e. The molecule has 16 heavy (non-hydrogen) atoms. The first-order valence-corrected chi connectivity index (χ1v) is 5.49. The third-order valence-electron chi connectivity index (χ3n) is 2.97. The molecule has 0 saturated carbocycles. The third kappa shape index (κ3) is 2.93. The van der Waals surface area contributed by atoms with E-state index in [2.05, 4.69) is 10.6 Å². The topological polar surface area (TPSA) is 81.7 Å². The lowest BCUT2D eigenvalue weighted by molar-refractivity contribution is -0.125. The van der Waals surface area contributed by atoms with Gasteiger partial charge in [0.15, 0.2) is 0 Å². The number of aliphatic hydroxyl groups is 1. The lowest BCUT2D eigenvalue weighted by Gasteiger charge is -2.28. The minimum absolute atomic E-state index is 0.0328. The first-order chi connectivity index (χ1) is 7.60. The fraction of sp³-hybridized carbons (Fsp3) is 0.800. The SMILES string of the molecule is CNC(=O)NC(=O)C(C)N1CCC[C@H]1CO. The van der Waals surface area contributed by atoms with E-state index >= 15 is 0 Å². The summed E-state index contributed by atoms with van der Waals surface area (Å²) in [7, 11) is 1.46. The molecule has 0 bridgehead atoms. The Balaban J connectivity index is 2.52.